The molecule has 2 aliphatic rings. The van der Waals surface area contributed by atoms with Crippen LogP contribution in [0.15, 0.2) is 42.5 Å². The van der Waals surface area contributed by atoms with Crippen LogP contribution in [0.5, 0.6) is 0 Å². The number of hydrogen-bond donors (Lipinski definition) is 1. The SMILES string of the molecule is CC(C)CC(C(=O)NCC(c1ccccc1)C(C)C)N1C(=O)C2CC=CCC2C1=O. The Hall–Kier alpha value is -2.43. The molecule has 1 fully saturated rings. The van der Waals surface area contributed by atoms with Crippen LogP contribution in [0, 0.1) is 23.7 Å². The number of likely N-dealkylation sites (tertiary alicyclic amines) is 1. The third-order valence-electron chi connectivity index (χ3n) is 6.38. The Morgan fingerprint density at radius 1 is 1.00 bits per heavy atom. The van der Waals surface area contributed by atoms with E-state index in [-0.39, 0.29) is 41.4 Å². The fourth-order valence-electron chi connectivity index (χ4n) is 4.68. The zero-order chi connectivity index (χ0) is 21.8. The van der Waals surface area contributed by atoms with E-state index in [4.69, 9.17) is 0 Å². The highest BCUT2D eigenvalue weighted by Gasteiger charge is 2.51. The van der Waals surface area contributed by atoms with Gasteiger partial charge in [0.2, 0.25) is 17.7 Å². The summed E-state index contributed by atoms with van der Waals surface area (Å²) in [6, 6.07) is 9.41. The molecule has 1 aliphatic carbocycles. The Bertz CT molecular complexity index is 774. The number of nitrogens with one attached hydrogen (secondary N) is 1. The minimum absolute atomic E-state index is 0.173. The summed E-state index contributed by atoms with van der Waals surface area (Å²) in [4.78, 5) is 40.6. The second-order valence-corrected chi connectivity index (χ2v) is 9.35. The molecule has 4 atom stereocenters. The molecular weight excluding hydrogens is 376 g/mol. The number of hydrogen-bond acceptors (Lipinski definition) is 3. The predicted octanol–water partition coefficient (Wildman–Crippen LogP) is 3.91. The van der Waals surface area contributed by atoms with Crippen molar-refractivity contribution in [3.05, 3.63) is 48.0 Å². The second kappa shape index (κ2) is 9.59. The van der Waals surface area contributed by atoms with Gasteiger partial charge in [0.05, 0.1) is 11.8 Å². The summed E-state index contributed by atoms with van der Waals surface area (Å²) in [5.74, 6) is -0.491. The van der Waals surface area contributed by atoms with Crippen LogP contribution in [0.2, 0.25) is 0 Å². The number of carbonyl (C=O) groups is 3. The molecule has 30 heavy (non-hydrogen) atoms. The van der Waals surface area contributed by atoms with E-state index in [0.717, 1.165) is 0 Å². The van der Waals surface area contributed by atoms with Crippen LogP contribution in [0.4, 0.5) is 0 Å². The van der Waals surface area contributed by atoms with Crippen molar-refractivity contribution in [3.8, 4) is 0 Å². The number of amides is 3. The molecular formula is C25H34N2O3. The standard InChI is InChI=1S/C25H34N2O3/c1-16(2)14-22(27-24(29)19-12-8-9-13-20(19)25(27)30)23(28)26-15-21(17(3)4)18-10-6-5-7-11-18/h5-11,16-17,19-22H,12-15H2,1-4H3,(H,26,28). The van der Waals surface area contributed by atoms with Crippen LogP contribution < -0.4 is 5.32 Å². The molecule has 3 amide bonds. The van der Waals surface area contributed by atoms with Crippen LogP contribution >= 0.6 is 0 Å². The molecule has 0 spiro atoms. The van der Waals surface area contributed by atoms with Gasteiger partial charge >= 0.3 is 0 Å². The Kier molecular flexibility index (Phi) is 7.11. The molecule has 0 saturated carbocycles. The average Bonchev–Trinajstić information content (AvgIpc) is 2.97. The van der Waals surface area contributed by atoms with Crippen molar-refractivity contribution in [2.45, 2.75) is 58.9 Å². The summed E-state index contributed by atoms with van der Waals surface area (Å²) in [5.41, 5.74) is 1.18. The third kappa shape index (κ3) is 4.66. The summed E-state index contributed by atoms with van der Waals surface area (Å²) in [5, 5.41) is 3.07. The smallest absolute Gasteiger partial charge is 0.243 e. The van der Waals surface area contributed by atoms with Crippen LogP contribution in [0.3, 0.4) is 0 Å². The molecule has 1 heterocycles. The molecule has 0 bridgehead atoms. The number of imide groups is 1. The molecule has 1 aromatic rings. The lowest BCUT2D eigenvalue weighted by Gasteiger charge is -2.29. The van der Waals surface area contributed by atoms with Crippen molar-refractivity contribution in [1.29, 1.82) is 0 Å². The van der Waals surface area contributed by atoms with E-state index in [2.05, 4.69) is 31.3 Å². The fraction of sp³-hybridized carbons (Fsp3) is 0.560. The topological polar surface area (TPSA) is 66.5 Å². The van der Waals surface area contributed by atoms with E-state index in [1.54, 1.807) is 0 Å². The highest BCUT2D eigenvalue weighted by molar-refractivity contribution is 6.08. The Balaban J connectivity index is 1.76. The maximum absolute atomic E-state index is 13.2. The predicted molar refractivity (Wildman–Crippen MR) is 117 cm³/mol. The average molecular weight is 411 g/mol. The summed E-state index contributed by atoms with van der Waals surface area (Å²) in [6.45, 7) is 8.79. The van der Waals surface area contributed by atoms with Gasteiger partial charge < -0.3 is 5.32 Å². The van der Waals surface area contributed by atoms with Crippen LogP contribution in [-0.2, 0) is 14.4 Å². The molecule has 1 aromatic carbocycles. The molecule has 162 valence electrons. The largest absolute Gasteiger partial charge is 0.354 e. The lowest BCUT2D eigenvalue weighted by molar-refractivity contribution is -0.148. The zero-order valence-electron chi connectivity index (χ0n) is 18.5. The molecule has 4 unspecified atom stereocenters. The monoisotopic (exact) mass is 410 g/mol. The van der Waals surface area contributed by atoms with Gasteiger partial charge in [-0.25, -0.2) is 0 Å². The maximum Gasteiger partial charge on any atom is 0.243 e. The summed E-state index contributed by atoms with van der Waals surface area (Å²) >= 11 is 0. The van der Waals surface area contributed by atoms with Gasteiger partial charge in [0.25, 0.3) is 0 Å². The molecule has 5 nitrogen and oxygen atoms in total. The summed E-state index contributed by atoms with van der Waals surface area (Å²) in [6.07, 6.45) is 5.60. The van der Waals surface area contributed by atoms with Gasteiger partial charge in [-0.2, -0.15) is 0 Å². The van der Waals surface area contributed by atoms with E-state index in [1.807, 2.05) is 44.2 Å². The van der Waals surface area contributed by atoms with Crippen molar-refractivity contribution in [2.24, 2.45) is 23.7 Å². The van der Waals surface area contributed by atoms with E-state index in [9.17, 15) is 14.4 Å². The second-order valence-electron chi connectivity index (χ2n) is 9.35. The van der Waals surface area contributed by atoms with Gasteiger partial charge in [-0.1, -0.05) is 70.2 Å². The minimum atomic E-state index is -0.737. The first-order valence-electron chi connectivity index (χ1n) is 11.2. The first-order chi connectivity index (χ1) is 14.3. The first kappa shape index (κ1) is 22.3. The van der Waals surface area contributed by atoms with Crippen LogP contribution in [-0.4, -0.2) is 35.2 Å². The van der Waals surface area contributed by atoms with Crippen molar-refractivity contribution in [1.82, 2.24) is 10.2 Å². The van der Waals surface area contributed by atoms with Crippen molar-refractivity contribution in [3.63, 3.8) is 0 Å². The van der Waals surface area contributed by atoms with E-state index in [1.165, 1.54) is 10.5 Å². The summed E-state index contributed by atoms with van der Waals surface area (Å²) < 4.78 is 0. The van der Waals surface area contributed by atoms with E-state index >= 15 is 0 Å². The highest BCUT2D eigenvalue weighted by Crippen LogP contribution is 2.37. The highest BCUT2D eigenvalue weighted by atomic mass is 16.2. The van der Waals surface area contributed by atoms with Gasteiger partial charge in [0.1, 0.15) is 6.04 Å². The van der Waals surface area contributed by atoms with E-state index in [0.29, 0.717) is 31.7 Å². The zero-order valence-corrected chi connectivity index (χ0v) is 18.5. The molecule has 5 heteroatoms. The Labute approximate surface area is 179 Å². The van der Waals surface area contributed by atoms with Gasteiger partial charge in [0, 0.05) is 12.5 Å². The van der Waals surface area contributed by atoms with Gasteiger partial charge in [-0.05, 0) is 36.7 Å². The number of benzene rings is 1. The Morgan fingerprint density at radius 2 is 1.57 bits per heavy atom. The van der Waals surface area contributed by atoms with Gasteiger partial charge in [-0.3, -0.25) is 19.3 Å². The molecule has 1 saturated heterocycles. The lowest BCUT2D eigenvalue weighted by atomic mass is 9.85. The van der Waals surface area contributed by atoms with Crippen LogP contribution in [0.25, 0.3) is 0 Å². The molecule has 3 rings (SSSR count). The molecule has 1 aliphatic heterocycles. The first-order valence-corrected chi connectivity index (χ1v) is 11.2. The quantitative estimate of drug-likeness (QED) is 0.522. The maximum atomic E-state index is 13.2. The Morgan fingerprint density at radius 3 is 2.07 bits per heavy atom. The van der Waals surface area contributed by atoms with Gasteiger partial charge in [0.15, 0.2) is 0 Å². The van der Waals surface area contributed by atoms with Crippen molar-refractivity contribution < 1.29 is 14.4 Å². The van der Waals surface area contributed by atoms with Gasteiger partial charge in [-0.15, -0.1) is 0 Å². The van der Waals surface area contributed by atoms with E-state index < -0.39 is 6.04 Å². The lowest BCUT2D eigenvalue weighted by Crippen LogP contribution is -2.51. The number of fused-ring (bicyclic) bond motifs is 1. The third-order valence-corrected chi connectivity index (χ3v) is 6.38. The summed E-state index contributed by atoms with van der Waals surface area (Å²) in [7, 11) is 0. The number of nitrogens with zero attached hydrogens (tertiary/aromatic N) is 1. The van der Waals surface area contributed by atoms with Crippen molar-refractivity contribution in [2.75, 3.05) is 6.54 Å². The number of rotatable bonds is 8. The number of allylic oxidation sites excluding steroid dienone is 2. The normalized spacial score (nSPS) is 23.1. The minimum Gasteiger partial charge on any atom is -0.354 e. The van der Waals surface area contributed by atoms with Crippen molar-refractivity contribution >= 4 is 17.7 Å². The molecule has 1 N–H and O–H groups in total. The fourth-order valence-corrected chi connectivity index (χ4v) is 4.68. The molecule has 0 aromatic heterocycles. The molecule has 0 radical (unpaired) electrons. The van der Waals surface area contributed by atoms with Crippen LogP contribution in [0.1, 0.15) is 58.4 Å². The number of carbonyl (C=O) groups excluding carboxylic acids is 3.